The Balaban J connectivity index is 1.63. The van der Waals surface area contributed by atoms with Crippen molar-refractivity contribution in [1.82, 2.24) is 15.2 Å². The molecule has 3 nitrogen and oxygen atoms in total. The number of piperidine rings is 1. The molecule has 1 aromatic heterocycles. The van der Waals surface area contributed by atoms with E-state index in [0.29, 0.717) is 6.04 Å². The Bertz CT molecular complexity index is 374. The van der Waals surface area contributed by atoms with E-state index in [9.17, 15) is 0 Å². The van der Waals surface area contributed by atoms with E-state index in [0.717, 1.165) is 32.6 Å². The van der Waals surface area contributed by atoms with Crippen molar-refractivity contribution >= 4 is 0 Å². The molecule has 0 saturated carbocycles. The van der Waals surface area contributed by atoms with Crippen LogP contribution in [-0.2, 0) is 6.42 Å². The van der Waals surface area contributed by atoms with Crippen molar-refractivity contribution < 1.29 is 0 Å². The van der Waals surface area contributed by atoms with Gasteiger partial charge in [0.1, 0.15) is 0 Å². The molecule has 0 aromatic carbocycles. The zero-order valence-electron chi connectivity index (χ0n) is 10.8. The minimum atomic E-state index is 0.649. The summed E-state index contributed by atoms with van der Waals surface area (Å²) >= 11 is 0. The summed E-state index contributed by atoms with van der Waals surface area (Å²) in [5.41, 5.74) is 1.30. The molecule has 2 heterocycles. The lowest BCUT2D eigenvalue weighted by molar-refractivity contribution is 0.218. The first kappa shape index (κ1) is 13.1. The fourth-order valence-corrected chi connectivity index (χ4v) is 2.39. The molecule has 0 amide bonds. The van der Waals surface area contributed by atoms with Crippen molar-refractivity contribution in [2.24, 2.45) is 0 Å². The van der Waals surface area contributed by atoms with Gasteiger partial charge in [0.25, 0.3) is 0 Å². The maximum Gasteiger partial charge on any atom is 0.0598 e. The van der Waals surface area contributed by atoms with Crippen LogP contribution in [0.5, 0.6) is 0 Å². The van der Waals surface area contributed by atoms with Gasteiger partial charge in [-0.25, -0.2) is 0 Å². The number of nitrogens with one attached hydrogen (secondary N) is 1. The van der Waals surface area contributed by atoms with Gasteiger partial charge < -0.3 is 5.32 Å². The fourth-order valence-electron chi connectivity index (χ4n) is 2.39. The molecule has 96 valence electrons. The maximum atomic E-state index is 5.33. The van der Waals surface area contributed by atoms with Crippen LogP contribution in [0.3, 0.4) is 0 Å². The Morgan fingerprint density at radius 3 is 2.94 bits per heavy atom. The second-order valence-corrected chi connectivity index (χ2v) is 4.82. The number of terminal acetylenes is 1. The average molecular weight is 243 g/mol. The maximum absolute atomic E-state index is 5.33. The van der Waals surface area contributed by atoms with Gasteiger partial charge in [-0.15, -0.1) is 6.42 Å². The number of hydrogen-bond donors (Lipinski definition) is 1. The van der Waals surface area contributed by atoms with E-state index in [-0.39, 0.29) is 0 Å². The zero-order chi connectivity index (χ0) is 12.6. The molecule has 2 rings (SSSR count). The summed E-state index contributed by atoms with van der Waals surface area (Å²) < 4.78 is 0. The molecule has 1 aromatic rings. The van der Waals surface area contributed by atoms with E-state index < -0.39 is 0 Å². The lowest BCUT2D eigenvalue weighted by atomic mass is 10.0. The summed E-state index contributed by atoms with van der Waals surface area (Å²) in [6.45, 7) is 4.07. The standard InChI is InChI=1S/C15H21N3/c1-2-10-18-11-6-15(7-12-18)17-9-5-14-4-3-8-16-13-14/h1,3-4,8,13,15,17H,5-7,9-12H2. The second-order valence-electron chi connectivity index (χ2n) is 4.82. The van der Waals surface area contributed by atoms with E-state index in [1.54, 1.807) is 0 Å². The summed E-state index contributed by atoms with van der Waals surface area (Å²) in [5.74, 6) is 2.72. The summed E-state index contributed by atoms with van der Waals surface area (Å²) in [7, 11) is 0. The predicted molar refractivity (Wildman–Crippen MR) is 74.2 cm³/mol. The molecule has 1 fully saturated rings. The van der Waals surface area contributed by atoms with Crippen LogP contribution in [0.25, 0.3) is 0 Å². The number of nitrogens with zero attached hydrogens (tertiary/aromatic N) is 2. The summed E-state index contributed by atoms with van der Waals surface area (Å²) in [6, 6.07) is 4.77. The minimum Gasteiger partial charge on any atom is -0.314 e. The molecule has 0 bridgehead atoms. The molecule has 1 N–H and O–H groups in total. The number of pyridine rings is 1. The van der Waals surface area contributed by atoms with E-state index in [1.807, 2.05) is 18.5 Å². The molecular weight excluding hydrogens is 222 g/mol. The molecule has 0 unspecified atom stereocenters. The van der Waals surface area contributed by atoms with Gasteiger partial charge in [-0.1, -0.05) is 12.0 Å². The van der Waals surface area contributed by atoms with E-state index in [2.05, 4.69) is 27.2 Å². The topological polar surface area (TPSA) is 28.2 Å². The molecule has 0 atom stereocenters. The number of hydrogen-bond acceptors (Lipinski definition) is 3. The highest BCUT2D eigenvalue weighted by atomic mass is 15.1. The highest BCUT2D eigenvalue weighted by Crippen LogP contribution is 2.09. The molecule has 3 heteroatoms. The molecule has 18 heavy (non-hydrogen) atoms. The molecular formula is C15H21N3. The van der Waals surface area contributed by atoms with Crippen LogP contribution in [0.15, 0.2) is 24.5 Å². The summed E-state index contributed by atoms with van der Waals surface area (Å²) in [6.07, 6.45) is 12.5. The van der Waals surface area contributed by atoms with Gasteiger partial charge in [0.2, 0.25) is 0 Å². The van der Waals surface area contributed by atoms with Gasteiger partial charge in [-0.3, -0.25) is 9.88 Å². The first-order valence-electron chi connectivity index (χ1n) is 6.66. The van der Waals surface area contributed by atoms with Crippen LogP contribution in [0.2, 0.25) is 0 Å². The fraction of sp³-hybridized carbons (Fsp3) is 0.533. The van der Waals surface area contributed by atoms with Crippen molar-refractivity contribution in [3.8, 4) is 12.3 Å². The van der Waals surface area contributed by atoms with Crippen molar-refractivity contribution in [1.29, 1.82) is 0 Å². The van der Waals surface area contributed by atoms with Crippen molar-refractivity contribution in [2.75, 3.05) is 26.2 Å². The van der Waals surface area contributed by atoms with Gasteiger partial charge in [0, 0.05) is 31.5 Å². The number of likely N-dealkylation sites (tertiary alicyclic amines) is 1. The van der Waals surface area contributed by atoms with Gasteiger partial charge >= 0.3 is 0 Å². The van der Waals surface area contributed by atoms with Crippen molar-refractivity contribution in [3.05, 3.63) is 30.1 Å². The molecule has 0 aliphatic carbocycles. The van der Waals surface area contributed by atoms with Gasteiger partial charge in [-0.05, 0) is 37.4 Å². The Morgan fingerprint density at radius 1 is 1.44 bits per heavy atom. The molecule has 1 aliphatic heterocycles. The third kappa shape index (κ3) is 4.14. The quantitative estimate of drug-likeness (QED) is 0.790. The van der Waals surface area contributed by atoms with Crippen molar-refractivity contribution in [2.45, 2.75) is 25.3 Å². The van der Waals surface area contributed by atoms with E-state index in [1.165, 1.54) is 18.4 Å². The van der Waals surface area contributed by atoms with Gasteiger partial charge in [0.15, 0.2) is 0 Å². The second kappa shape index (κ2) is 7.15. The van der Waals surface area contributed by atoms with Crippen LogP contribution in [0.4, 0.5) is 0 Å². The van der Waals surface area contributed by atoms with Crippen LogP contribution in [-0.4, -0.2) is 42.1 Å². The number of aromatic nitrogens is 1. The third-order valence-corrected chi connectivity index (χ3v) is 3.47. The summed E-state index contributed by atoms with van der Waals surface area (Å²) in [5, 5.41) is 3.63. The van der Waals surface area contributed by atoms with Crippen LogP contribution in [0.1, 0.15) is 18.4 Å². The molecule has 1 saturated heterocycles. The van der Waals surface area contributed by atoms with Crippen molar-refractivity contribution in [3.63, 3.8) is 0 Å². The van der Waals surface area contributed by atoms with E-state index >= 15 is 0 Å². The smallest absolute Gasteiger partial charge is 0.0598 e. The Kier molecular flexibility index (Phi) is 5.19. The minimum absolute atomic E-state index is 0.649. The first-order valence-corrected chi connectivity index (χ1v) is 6.66. The predicted octanol–water partition coefficient (Wildman–Crippen LogP) is 1.31. The highest BCUT2D eigenvalue weighted by molar-refractivity contribution is 5.08. The zero-order valence-corrected chi connectivity index (χ0v) is 10.8. The van der Waals surface area contributed by atoms with Crippen LogP contribution >= 0.6 is 0 Å². The largest absolute Gasteiger partial charge is 0.314 e. The number of rotatable bonds is 5. The van der Waals surface area contributed by atoms with Crippen LogP contribution in [0, 0.1) is 12.3 Å². The average Bonchev–Trinajstić information content (AvgIpc) is 2.42. The van der Waals surface area contributed by atoms with Crippen LogP contribution < -0.4 is 5.32 Å². The SMILES string of the molecule is C#CCN1CCC(NCCc2cccnc2)CC1. The molecule has 0 spiro atoms. The lowest BCUT2D eigenvalue weighted by Gasteiger charge is -2.31. The van der Waals surface area contributed by atoms with Gasteiger partial charge in [0.05, 0.1) is 6.54 Å². The molecule has 0 radical (unpaired) electrons. The monoisotopic (exact) mass is 243 g/mol. The normalized spacial score (nSPS) is 17.5. The molecule has 1 aliphatic rings. The highest BCUT2D eigenvalue weighted by Gasteiger charge is 2.17. The Hall–Kier alpha value is -1.37. The summed E-state index contributed by atoms with van der Waals surface area (Å²) in [4.78, 5) is 6.47. The third-order valence-electron chi connectivity index (χ3n) is 3.47. The Labute approximate surface area is 110 Å². The first-order chi connectivity index (χ1) is 8.88. The van der Waals surface area contributed by atoms with E-state index in [4.69, 9.17) is 6.42 Å². The van der Waals surface area contributed by atoms with Gasteiger partial charge in [-0.2, -0.15) is 0 Å². The lowest BCUT2D eigenvalue weighted by Crippen LogP contribution is -2.43. The Morgan fingerprint density at radius 2 is 2.28 bits per heavy atom.